The Kier molecular flexibility index (Phi) is 6.75. The van der Waals surface area contributed by atoms with Crippen LogP contribution < -0.4 is 0 Å². The Morgan fingerprint density at radius 2 is 0.784 bits per heavy atom. The molecule has 0 amide bonds. The van der Waals surface area contributed by atoms with Crippen molar-refractivity contribution >= 4 is 0 Å². The van der Waals surface area contributed by atoms with E-state index in [0.29, 0.717) is 11.8 Å². The molecule has 37 heavy (non-hydrogen) atoms. The zero-order valence-corrected chi connectivity index (χ0v) is 24.0. The van der Waals surface area contributed by atoms with Crippen molar-refractivity contribution in [1.82, 2.24) is 0 Å². The normalized spacial score (nSPS) is 56.0. The first kappa shape index (κ1) is 24.7. The van der Waals surface area contributed by atoms with Crippen LogP contribution in [-0.2, 0) is 0 Å². The molecule has 0 radical (unpaired) electrons. The molecule has 8 aliphatic carbocycles. The van der Waals surface area contributed by atoms with Gasteiger partial charge in [0.05, 0.1) is 6.10 Å². The average Bonchev–Trinajstić information content (AvgIpc) is 2.96. The summed E-state index contributed by atoms with van der Waals surface area (Å²) in [6.07, 6.45) is 31.9. The molecule has 14 unspecified atom stereocenters. The molecule has 8 fully saturated rings. The molecule has 0 spiro atoms. The highest BCUT2D eigenvalue weighted by Gasteiger charge is 2.57. The Hall–Kier alpha value is -0.0400. The number of hydrogen-bond donors (Lipinski definition) is 1. The van der Waals surface area contributed by atoms with Crippen LogP contribution in [0.5, 0.6) is 0 Å². The van der Waals surface area contributed by atoms with E-state index in [1.165, 1.54) is 77.0 Å². The van der Waals surface area contributed by atoms with Gasteiger partial charge in [-0.05, 0) is 153 Å². The van der Waals surface area contributed by atoms with Gasteiger partial charge in [0.2, 0.25) is 0 Å². The van der Waals surface area contributed by atoms with Crippen LogP contribution in [0.15, 0.2) is 0 Å². The van der Waals surface area contributed by atoms with Crippen molar-refractivity contribution in [3.05, 3.63) is 0 Å². The van der Waals surface area contributed by atoms with E-state index in [1.54, 1.807) is 57.8 Å². The summed E-state index contributed by atoms with van der Waals surface area (Å²) < 4.78 is 0. The van der Waals surface area contributed by atoms with E-state index < -0.39 is 0 Å². The van der Waals surface area contributed by atoms with Crippen LogP contribution in [0.1, 0.15) is 135 Å². The summed E-state index contributed by atoms with van der Waals surface area (Å²) in [5.41, 5.74) is 0. The van der Waals surface area contributed by atoms with Gasteiger partial charge in [0.15, 0.2) is 0 Å². The molecule has 1 heteroatoms. The molecule has 0 saturated heterocycles. The van der Waals surface area contributed by atoms with Crippen molar-refractivity contribution in [2.24, 2.45) is 82.9 Å². The van der Waals surface area contributed by atoms with E-state index in [2.05, 4.69) is 0 Å². The molecule has 0 heterocycles. The first-order valence-electron chi connectivity index (χ1n) is 18.0. The lowest BCUT2D eigenvalue weighted by Crippen LogP contribution is -2.56. The third-order valence-corrected chi connectivity index (χ3v) is 15.5. The molecule has 208 valence electrons. The third-order valence-electron chi connectivity index (χ3n) is 15.5. The molecule has 8 saturated carbocycles. The van der Waals surface area contributed by atoms with Crippen LogP contribution in [0.4, 0.5) is 0 Å². The predicted molar refractivity (Wildman–Crippen MR) is 152 cm³/mol. The molecule has 0 bridgehead atoms. The summed E-state index contributed by atoms with van der Waals surface area (Å²) >= 11 is 0. The van der Waals surface area contributed by atoms with Crippen LogP contribution in [0.3, 0.4) is 0 Å². The Morgan fingerprint density at radius 3 is 1.57 bits per heavy atom. The summed E-state index contributed by atoms with van der Waals surface area (Å²) in [7, 11) is 0. The van der Waals surface area contributed by atoms with Gasteiger partial charge >= 0.3 is 0 Å². The zero-order chi connectivity index (χ0) is 24.5. The van der Waals surface area contributed by atoms with E-state index in [-0.39, 0.29) is 6.10 Å². The lowest BCUT2D eigenvalue weighted by molar-refractivity contribution is -0.151. The minimum atomic E-state index is 0.0450. The van der Waals surface area contributed by atoms with Crippen LogP contribution in [-0.4, -0.2) is 11.2 Å². The highest BCUT2D eigenvalue weighted by atomic mass is 16.3. The molecule has 0 aromatic carbocycles. The summed E-state index contributed by atoms with van der Waals surface area (Å²) in [6, 6.07) is 0. The quantitative estimate of drug-likeness (QED) is 0.395. The van der Waals surface area contributed by atoms with Gasteiger partial charge < -0.3 is 5.11 Å². The molecule has 0 aromatic rings. The van der Waals surface area contributed by atoms with Crippen molar-refractivity contribution in [2.75, 3.05) is 0 Å². The number of fused-ring (bicyclic) bond motifs is 2. The SMILES string of the molecule is OC1C2CCCCC2C(C2CCCCC2)C2CC(C3CCC4CCC5CCCC6CCC3C4C56)CCC12. The van der Waals surface area contributed by atoms with E-state index >= 15 is 0 Å². The number of rotatable bonds is 2. The second-order valence-electron chi connectivity index (χ2n) is 16.4. The number of aliphatic hydroxyl groups is 1. The Labute approximate surface area is 228 Å². The van der Waals surface area contributed by atoms with Crippen molar-refractivity contribution in [3.63, 3.8) is 0 Å². The lowest BCUT2D eigenvalue weighted by atomic mass is 9.44. The minimum absolute atomic E-state index is 0.0450. The van der Waals surface area contributed by atoms with E-state index in [1.807, 2.05) is 0 Å². The van der Waals surface area contributed by atoms with Crippen molar-refractivity contribution in [2.45, 2.75) is 141 Å². The third kappa shape index (κ3) is 4.07. The largest absolute Gasteiger partial charge is 0.393 e. The number of aliphatic hydroxyl groups excluding tert-OH is 1. The summed E-state index contributed by atoms with van der Waals surface area (Å²) in [5.74, 6) is 13.8. The highest BCUT2D eigenvalue weighted by molar-refractivity contribution is 5.07. The summed E-state index contributed by atoms with van der Waals surface area (Å²) in [5, 5.41) is 11.8. The van der Waals surface area contributed by atoms with E-state index in [9.17, 15) is 5.11 Å². The Balaban J connectivity index is 1.06. The fourth-order valence-corrected chi connectivity index (χ4v) is 14.4. The maximum atomic E-state index is 11.8. The monoisotopic (exact) mass is 506 g/mol. The Bertz CT molecular complexity index is 792. The average molecular weight is 507 g/mol. The standard InChI is InChI=1S/C36H58O/c37-36-30-12-5-4-11-28(30)34(22-7-2-1-3-8-22)32-21-26(17-20-31(32)36)27-18-15-25-14-13-23-9-6-10-24-16-19-29(27)35(25)33(23)24/h22-37H,1-21H2. The molecule has 8 rings (SSSR count). The van der Waals surface area contributed by atoms with E-state index in [4.69, 9.17) is 0 Å². The van der Waals surface area contributed by atoms with Crippen LogP contribution in [0.2, 0.25) is 0 Å². The van der Waals surface area contributed by atoms with Gasteiger partial charge in [0, 0.05) is 0 Å². The first-order valence-corrected chi connectivity index (χ1v) is 18.0. The van der Waals surface area contributed by atoms with Crippen LogP contribution in [0.25, 0.3) is 0 Å². The molecule has 0 aliphatic heterocycles. The minimum Gasteiger partial charge on any atom is -0.393 e. The van der Waals surface area contributed by atoms with Crippen molar-refractivity contribution in [1.29, 1.82) is 0 Å². The fourth-order valence-electron chi connectivity index (χ4n) is 14.4. The molecular formula is C36H58O. The van der Waals surface area contributed by atoms with Gasteiger partial charge in [-0.25, -0.2) is 0 Å². The maximum absolute atomic E-state index is 11.8. The second kappa shape index (κ2) is 10.1. The number of hydrogen-bond acceptors (Lipinski definition) is 1. The first-order chi connectivity index (χ1) is 18.3. The zero-order valence-electron chi connectivity index (χ0n) is 24.0. The lowest BCUT2D eigenvalue weighted by Gasteiger charge is -2.62. The predicted octanol–water partition coefficient (Wildman–Crippen LogP) is 9.28. The maximum Gasteiger partial charge on any atom is 0.0602 e. The molecule has 1 nitrogen and oxygen atoms in total. The molecular weight excluding hydrogens is 448 g/mol. The Morgan fingerprint density at radius 1 is 0.297 bits per heavy atom. The van der Waals surface area contributed by atoms with Gasteiger partial charge in [-0.3, -0.25) is 0 Å². The topological polar surface area (TPSA) is 20.2 Å². The van der Waals surface area contributed by atoms with Crippen LogP contribution >= 0.6 is 0 Å². The van der Waals surface area contributed by atoms with Gasteiger partial charge in [0.25, 0.3) is 0 Å². The van der Waals surface area contributed by atoms with E-state index in [0.717, 1.165) is 71.0 Å². The molecule has 8 aliphatic rings. The summed E-state index contributed by atoms with van der Waals surface area (Å²) in [4.78, 5) is 0. The fraction of sp³-hybridized carbons (Fsp3) is 1.00. The summed E-state index contributed by atoms with van der Waals surface area (Å²) in [6.45, 7) is 0. The molecule has 0 aromatic heterocycles. The van der Waals surface area contributed by atoms with Gasteiger partial charge in [-0.2, -0.15) is 0 Å². The second-order valence-corrected chi connectivity index (χ2v) is 16.4. The molecule has 14 atom stereocenters. The van der Waals surface area contributed by atoms with Crippen molar-refractivity contribution < 1.29 is 5.11 Å². The smallest absolute Gasteiger partial charge is 0.0602 e. The van der Waals surface area contributed by atoms with Gasteiger partial charge in [0.1, 0.15) is 0 Å². The molecule has 1 N–H and O–H groups in total. The van der Waals surface area contributed by atoms with Crippen molar-refractivity contribution in [3.8, 4) is 0 Å². The highest BCUT2D eigenvalue weighted by Crippen LogP contribution is 2.64. The van der Waals surface area contributed by atoms with Gasteiger partial charge in [-0.1, -0.05) is 64.2 Å². The van der Waals surface area contributed by atoms with Crippen LogP contribution in [0, 0.1) is 82.9 Å². The van der Waals surface area contributed by atoms with Gasteiger partial charge in [-0.15, -0.1) is 0 Å².